The maximum absolute atomic E-state index is 13.1. The van der Waals surface area contributed by atoms with E-state index in [4.69, 9.17) is 0 Å². The van der Waals surface area contributed by atoms with E-state index in [2.05, 4.69) is 29.4 Å². The van der Waals surface area contributed by atoms with Crippen molar-refractivity contribution >= 4 is 29.3 Å². The van der Waals surface area contributed by atoms with E-state index in [1.165, 1.54) is 0 Å². The maximum atomic E-state index is 13.1. The number of benzene rings is 3. The zero-order valence-electron chi connectivity index (χ0n) is 19.7. The maximum Gasteiger partial charge on any atom is 0.272 e. The zero-order chi connectivity index (χ0) is 23.8. The van der Waals surface area contributed by atoms with Crippen LogP contribution in [0.2, 0.25) is 0 Å². The third-order valence-corrected chi connectivity index (χ3v) is 5.42. The van der Waals surface area contributed by atoms with Crippen molar-refractivity contribution in [2.24, 2.45) is 0 Å². The number of aryl methyl sites for hydroxylation is 2. The molecule has 0 atom stereocenters. The lowest BCUT2D eigenvalue weighted by molar-refractivity contribution is -0.113. The molecule has 0 fully saturated rings. The van der Waals surface area contributed by atoms with Crippen LogP contribution in [0.3, 0.4) is 0 Å². The van der Waals surface area contributed by atoms with E-state index >= 15 is 0 Å². The van der Waals surface area contributed by atoms with Gasteiger partial charge in [-0.15, -0.1) is 0 Å². The second-order valence-corrected chi connectivity index (χ2v) is 7.97. The minimum Gasteiger partial charge on any atom is -0.372 e. The second kappa shape index (κ2) is 11.1. The lowest BCUT2D eigenvalue weighted by Crippen LogP contribution is -2.30. The van der Waals surface area contributed by atoms with E-state index in [9.17, 15) is 9.59 Å². The van der Waals surface area contributed by atoms with Crippen molar-refractivity contribution < 1.29 is 9.59 Å². The molecule has 170 valence electrons. The van der Waals surface area contributed by atoms with Gasteiger partial charge in [0.1, 0.15) is 5.70 Å². The Hall–Kier alpha value is -3.86. The smallest absolute Gasteiger partial charge is 0.272 e. The third kappa shape index (κ3) is 6.56. The molecule has 2 amide bonds. The summed E-state index contributed by atoms with van der Waals surface area (Å²) in [6, 6.07) is 22.8. The van der Waals surface area contributed by atoms with Crippen molar-refractivity contribution in [3.8, 4) is 0 Å². The van der Waals surface area contributed by atoms with Crippen LogP contribution < -0.4 is 15.5 Å². The summed E-state index contributed by atoms with van der Waals surface area (Å²) in [5.74, 6) is -0.712. The number of hydrogen-bond donors (Lipinski definition) is 2. The first-order chi connectivity index (χ1) is 15.9. The highest BCUT2D eigenvalue weighted by Gasteiger charge is 2.15. The fraction of sp³-hybridized carbons (Fsp3) is 0.214. The number of nitrogens with one attached hydrogen (secondary N) is 2. The molecule has 3 aromatic carbocycles. The Kier molecular flexibility index (Phi) is 8.03. The zero-order valence-corrected chi connectivity index (χ0v) is 19.7. The highest BCUT2D eigenvalue weighted by atomic mass is 16.2. The van der Waals surface area contributed by atoms with E-state index in [0.717, 1.165) is 35.5 Å². The normalized spacial score (nSPS) is 11.1. The van der Waals surface area contributed by atoms with E-state index in [1.54, 1.807) is 18.2 Å². The molecule has 3 rings (SSSR count). The monoisotopic (exact) mass is 441 g/mol. The average Bonchev–Trinajstić information content (AvgIpc) is 2.82. The topological polar surface area (TPSA) is 61.4 Å². The van der Waals surface area contributed by atoms with E-state index in [0.29, 0.717) is 11.3 Å². The standard InChI is InChI=1S/C28H31N3O2/c1-5-31(6-2)25-16-12-22(13-17-25)19-26(28(33)29-24-14-10-20(3)11-15-24)30-27(32)23-9-7-8-21(4)18-23/h7-19H,5-6H2,1-4H3,(H,29,33)(H,30,32). The molecule has 2 N–H and O–H groups in total. The summed E-state index contributed by atoms with van der Waals surface area (Å²) in [6.07, 6.45) is 1.70. The number of rotatable bonds is 8. The molecule has 0 spiro atoms. The molecule has 33 heavy (non-hydrogen) atoms. The Morgan fingerprint density at radius 2 is 1.52 bits per heavy atom. The largest absolute Gasteiger partial charge is 0.372 e. The van der Waals surface area contributed by atoms with Gasteiger partial charge in [-0.05, 0) is 75.7 Å². The molecule has 0 radical (unpaired) electrons. The number of hydrogen-bond acceptors (Lipinski definition) is 3. The van der Waals surface area contributed by atoms with Crippen LogP contribution in [0.15, 0.2) is 78.5 Å². The van der Waals surface area contributed by atoms with Crippen LogP contribution in [-0.4, -0.2) is 24.9 Å². The van der Waals surface area contributed by atoms with Crippen molar-refractivity contribution in [2.75, 3.05) is 23.3 Å². The van der Waals surface area contributed by atoms with Gasteiger partial charge < -0.3 is 15.5 Å². The Balaban J connectivity index is 1.89. The van der Waals surface area contributed by atoms with Crippen LogP contribution in [0.5, 0.6) is 0 Å². The summed E-state index contributed by atoms with van der Waals surface area (Å²) in [7, 11) is 0. The third-order valence-electron chi connectivity index (χ3n) is 5.42. The predicted molar refractivity (Wildman–Crippen MR) is 136 cm³/mol. The Morgan fingerprint density at radius 1 is 0.848 bits per heavy atom. The summed E-state index contributed by atoms with van der Waals surface area (Å²) in [5, 5.41) is 5.68. The number of nitrogens with zero attached hydrogens (tertiary/aromatic N) is 1. The minimum absolute atomic E-state index is 0.178. The van der Waals surface area contributed by atoms with Crippen LogP contribution in [-0.2, 0) is 4.79 Å². The van der Waals surface area contributed by atoms with Gasteiger partial charge in [-0.1, -0.05) is 47.5 Å². The molecule has 0 aliphatic carbocycles. The molecule has 0 heterocycles. The van der Waals surface area contributed by atoms with Crippen LogP contribution in [0.4, 0.5) is 11.4 Å². The molecule has 0 bridgehead atoms. The van der Waals surface area contributed by atoms with E-state index in [-0.39, 0.29) is 17.5 Å². The molecular weight excluding hydrogens is 410 g/mol. The number of carbonyl (C=O) groups is 2. The fourth-order valence-corrected chi connectivity index (χ4v) is 3.51. The quantitative estimate of drug-likeness (QED) is 0.450. The van der Waals surface area contributed by atoms with Gasteiger partial charge in [-0.3, -0.25) is 9.59 Å². The molecule has 0 aliphatic rings. The van der Waals surface area contributed by atoms with Gasteiger partial charge in [0.05, 0.1) is 0 Å². The van der Waals surface area contributed by atoms with E-state index < -0.39 is 0 Å². The lowest BCUT2D eigenvalue weighted by atomic mass is 10.1. The molecular formula is C28H31N3O2. The van der Waals surface area contributed by atoms with Gasteiger partial charge >= 0.3 is 0 Å². The summed E-state index contributed by atoms with van der Waals surface area (Å²) in [6.45, 7) is 9.98. The van der Waals surface area contributed by atoms with Crippen molar-refractivity contribution in [3.05, 3.63) is 101 Å². The number of amides is 2. The van der Waals surface area contributed by atoms with Crippen molar-refractivity contribution in [1.82, 2.24) is 5.32 Å². The van der Waals surface area contributed by atoms with Gasteiger partial charge in [-0.2, -0.15) is 0 Å². The predicted octanol–water partition coefficient (Wildman–Crippen LogP) is 5.56. The lowest BCUT2D eigenvalue weighted by Gasteiger charge is -2.21. The van der Waals surface area contributed by atoms with Crippen LogP contribution >= 0.6 is 0 Å². The van der Waals surface area contributed by atoms with Gasteiger partial charge in [0.2, 0.25) is 0 Å². The van der Waals surface area contributed by atoms with Crippen molar-refractivity contribution in [1.29, 1.82) is 0 Å². The second-order valence-electron chi connectivity index (χ2n) is 7.97. The fourth-order valence-electron chi connectivity index (χ4n) is 3.51. The highest BCUT2D eigenvalue weighted by Crippen LogP contribution is 2.18. The van der Waals surface area contributed by atoms with E-state index in [1.807, 2.05) is 74.5 Å². The Labute approximate surface area is 196 Å². The van der Waals surface area contributed by atoms with Gasteiger partial charge in [-0.25, -0.2) is 0 Å². The molecule has 3 aromatic rings. The van der Waals surface area contributed by atoms with Gasteiger partial charge in [0.25, 0.3) is 11.8 Å². The number of carbonyl (C=O) groups excluding carboxylic acids is 2. The number of anilines is 2. The van der Waals surface area contributed by atoms with Gasteiger partial charge in [0, 0.05) is 30.0 Å². The molecule has 0 unspecified atom stereocenters. The first-order valence-electron chi connectivity index (χ1n) is 11.2. The van der Waals surface area contributed by atoms with Crippen LogP contribution in [0, 0.1) is 13.8 Å². The van der Waals surface area contributed by atoms with Crippen molar-refractivity contribution in [3.63, 3.8) is 0 Å². The minimum atomic E-state index is -0.382. The van der Waals surface area contributed by atoms with Gasteiger partial charge in [0.15, 0.2) is 0 Å². The molecule has 0 saturated carbocycles. The molecule has 0 saturated heterocycles. The molecule has 0 aromatic heterocycles. The van der Waals surface area contributed by atoms with Crippen LogP contribution in [0.25, 0.3) is 6.08 Å². The highest BCUT2D eigenvalue weighted by molar-refractivity contribution is 6.10. The van der Waals surface area contributed by atoms with Crippen LogP contribution in [0.1, 0.15) is 40.9 Å². The van der Waals surface area contributed by atoms with Crippen molar-refractivity contribution in [2.45, 2.75) is 27.7 Å². The summed E-state index contributed by atoms with van der Waals surface area (Å²) in [4.78, 5) is 28.2. The Bertz CT molecular complexity index is 1130. The Morgan fingerprint density at radius 3 is 2.12 bits per heavy atom. The molecule has 5 nitrogen and oxygen atoms in total. The molecule has 0 aliphatic heterocycles. The first-order valence-corrected chi connectivity index (χ1v) is 11.2. The summed E-state index contributed by atoms with van der Waals surface area (Å²) >= 11 is 0. The average molecular weight is 442 g/mol. The first kappa shape index (κ1) is 23.8. The SMILES string of the molecule is CCN(CC)c1ccc(C=C(NC(=O)c2cccc(C)c2)C(=O)Nc2ccc(C)cc2)cc1. The molecule has 5 heteroatoms. The summed E-state index contributed by atoms with van der Waals surface area (Å²) in [5.41, 5.74) is 5.36. The summed E-state index contributed by atoms with van der Waals surface area (Å²) < 4.78 is 0.